The third-order valence-corrected chi connectivity index (χ3v) is 5.35. The first-order chi connectivity index (χ1) is 14.9. The van der Waals surface area contributed by atoms with E-state index < -0.39 is 24.3 Å². The number of nitrogens with one attached hydrogen (secondary N) is 1. The fraction of sp³-hybridized carbons (Fsp3) is 0.0870. The maximum Gasteiger partial charge on any atom is 0.492 e. The number of rotatable bonds is 5. The molecule has 1 aromatic heterocycles. The molecular formula is C23H18BF3N2O2. The van der Waals surface area contributed by atoms with Crippen LogP contribution in [0.3, 0.4) is 0 Å². The van der Waals surface area contributed by atoms with Gasteiger partial charge in [0.25, 0.3) is 0 Å². The lowest BCUT2D eigenvalue weighted by Crippen LogP contribution is -2.42. The number of hydrogen-bond acceptors (Lipinski definition) is 3. The van der Waals surface area contributed by atoms with Crippen LogP contribution in [-0.4, -0.2) is 27.4 Å². The first-order valence-electron chi connectivity index (χ1n) is 9.55. The van der Waals surface area contributed by atoms with Crippen molar-refractivity contribution in [3.8, 4) is 0 Å². The molecule has 4 nitrogen and oxygen atoms in total. The molecule has 0 atom stereocenters. The summed E-state index contributed by atoms with van der Waals surface area (Å²) < 4.78 is 42.6. The van der Waals surface area contributed by atoms with Crippen LogP contribution in [0.25, 0.3) is 0 Å². The third kappa shape index (κ3) is 3.54. The van der Waals surface area contributed by atoms with Gasteiger partial charge in [0.2, 0.25) is 0 Å². The summed E-state index contributed by atoms with van der Waals surface area (Å²) in [5, 5.41) is 26.9. The van der Waals surface area contributed by atoms with Gasteiger partial charge in [-0.2, -0.15) is 18.3 Å². The van der Waals surface area contributed by atoms with Crippen molar-refractivity contribution in [1.29, 1.82) is 0 Å². The van der Waals surface area contributed by atoms with Crippen LogP contribution >= 0.6 is 0 Å². The van der Waals surface area contributed by atoms with E-state index in [2.05, 4.69) is 10.2 Å². The molecule has 31 heavy (non-hydrogen) atoms. The molecule has 156 valence electrons. The minimum Gasteiger partial charge on any atom is -0.423 e. The summed E-state index contributed by atoms with van der Waals surface area (Å²) in [5.41, 5.74) is -1.37. The molecule has 0 spiro atoms. The molecule has 0 saturated carbocycles. The highest BCUT2D eigenvalue weighted by molar-refractivity contribution is 6.59. The smallest absolute Gasteiger partial charge is 0.423 e. The number of H-pyrrole nitrogens is 1. The van der Waals surface area contributed by atoms with Crippen LogP contribution in [0, 0.1) is 0 Å². The van der Waals surface area contributed by atoms with Crippen LogP contribution in [0.1, 0.15) is 27.9 Å². The van der Waals surface area contributed by atoms with Crippen molar-refractivity contribution >= 4 is 12.6 Å². The Balaban J connectivity index is 2.23. The number of alkyl halides is 3. The summed E-state index contributed by atoms with van der Waals surface area (Å²) in [4.78, 5) is 0. The zero-order valence-electron chi connectivity index (χ0n) is 16.2. The van der Waals surface area contributed by atoms with Crippen LogP contribution in [0.2, 0.25) is 0 Å². The number of aromatic amines is 1. The maximum absolute atomic E-state index is 14.2. The third-order valence-electron chi connectivity index (χ3n) is 5.35. The maximum atomic E-state index is 14.2. The Labute approximate surface area is 177 Å². The second-order valence-corrected chi connectivity index (χ2v) is 7.09. The first-order valence-corrected chi connectivity index (χ1v) is 9.55. The Morgan fingerprint density at radius 2 is 1.19 bits per heavy atom. The summed E-state index contributed by atoms with van der Waals surface area (Å²) in [6, 6.07) is 22.6. The molecule has 0 fully saturated rings. The molecule has 0 unspecified atom stereocenters. The van der Waals surface area contributed by atoms with Crippen molar-refractivity contribution in [1.82, 2.24) is 10.2 Å². The fourth-order valence-corrected chi connectivity index (χ4v) is 4.11. The molecule has 4 aromatic rings. The Bertz CT molecular complexity index is 1120. The van der Waals surface area contributed by atoms with Gasteiger partial charge in [-0.15, -0.1) is 0 Å². The number of aromatic nitrogens is 2. The number of halogens is 3. The topological polar surface area (TPSA) is 69.1 Å². The molecule has 0 bridgehead atoms. The van der Waals surface area contributed by atoms with Gasteiger partial charge in [-0.1, -0.05) is 78.9 Å². The summed E-state index contributed by atoms with van der Waals surface area (Å²) >= 11 is 0. The van der Waals surface area contributed by atoms with Gasteiger partial charge >= 0.3 is 13.3 Å². The molecule has 0 aliphatic heterocycles. The number of nitrogens with zero attached hydrogens (tertiary/aromatic N) is 1. The van der Waals surface area contributed by atoms with Gasteiger partial charge in [-0.25, -0.2) is 0 Å². The quantitative estimate of drug-likeness (QED) is 0.341. The highest BCUT2D eigenvalue weighted by atomic mass is 19.4. The molecule has 0 amide bonds. The zero-order valence-corrected chi connectivity index (χ0v) is 16.2. The van der Waals surface area contributed by atoms with Crippen LogP contribution in [0.15, 0.2) is 91.1 Å². The summed E-state index contributed by atoms with van der Waals surface area (Å²) in [5.74, 6) is 0. The summed E-state index contributed by atoms with van der Waals surface area (Å²) in [6.45, 7) is 0. The van der Waals surface area contributed by atoms with Gasteiger partial charge in [-0.05, 0) is 22.8 Å². The van der Waals surface area contributed by atoms with E-state index in [9.17, 15) is 23.2 Å². The van der Waals surface area contributed by atoms with E-state index >= 15 is 0 Å². The average molecular weight is 422 g/mol. The van der Waals surface area contributed by atoms with Crippen molar-refractivity contribution in [3.05, 3.63) is 119 Å². The van der Waals surface area contributed by atoms with E-state index in [0.29, 0.717) is 11.1 Å². The van der Waals surface area contributed by atoms with Gasteiger partial charge in [0.15, 0.2) is 0 Å². The van der Waals surface area contributed by atoms with E-state index in [1.807, 2.05) is 0 Å². The second-order valence-electron chi connectivity index (χ2n) is 7.09. The lowest BCUT2D eigenvalue weighted by molar-refractivity contribution is -0.138. The lowest BCUT2D eigenvalue weighted by Gasteiger charge is -2.37. The molecule has 1 heterocycles. The van der Waals surface area contributed by atoms with E-state index in [0.717, 1.165) is 6.07 Å². The monoisotopic (exact) mass is 422 g/mol. The zero-order chi connectivity index (χ0) is 22.1. The average Bonchev–Trinajstić information content (AvgIpc) is 3.26. The predicted molar refractivity (Wildman–Crippen MR) is 112 cm³/mol. The molecule has 3 aromatic carbocycles. The molecular weight excluding hydrogens is 404 g/mol. The molecule has 0 saturated heterocycles. The first kappa shape index (κ1) is 20.9. The highest BCUT2D eigenvalue weighted by Crippen LogP contribution is 2.48. The molecule has 8 heteroatoms. The number of hydrogen-bond donors (Lipinski definition) is 3. The largest absolute Gasteiger partial charge is 0.492 e. The minimum absolute atomic E-state index is 0.00955. The van der Waals surface area contributed by atoms with Crippen molar-refractivity contribution in [3.63, 3.8) is 0 Å². The van der Waals surface area contributed by atoms with Gasteiger partial charge in [-0.3, -0.25) is 5.10 Å². The Kier molecular flexibility index (Phi) is 5.43. The Morgan fingerprint density at radius 1 is 0.710 bits per heavy atom. The van der Waals surface area contributed by atoms with Crippen LogP contribution in [0.5, 0.6) is 0 Å². The summed E-state index contributed by atoms with van der Waals surface area (Å²) in [7, 11) is -1.93. The van der Waals surface area contributed by atoms with Crippen LogP contribution < -0.4 is 5.46 Å². The van der Waals surface area contributed by atoms with Crippen molar-refractivity contribution in [2.24, 2.45) is 0 Å². The Hall–Kier alpha value is -3.36. The van der Waals surface area contributed by atoms with E-state index in [-0.39, 0.29) is 16.7 Å². The molecule has 0 aliphatic carbocycles. The summed E-state index contributed by atoms with van der Waals surface area (Å²) in [6.07, 6.45) is -3.35. The molecule has 4 rings (SSSR count). The van der Waals surface area contributed by atoms with Gasteiger partial charge in [0, 0.05) is 11.7 Å². The van der Waals surface area contributed by atoms with E-state index in [1.54, 1.807) is 60.7 Å². The minimum atomic E-state index is -4.64. The van der Waals surface area contributed by atoms with Gasteiger partial charge < -0.3 is 10.0 Å². The highest BCUT2D eigenvalue weighted by Gasteiger charge is 2.48. The van der Waals surface area contributed by atoms with Crippen LogP contribution in [-0.2, 0) is 11.6 Å². The molecule has 3 N–H and O–H groups in total. The normalized spacial score (nSPS) is 12.0. The number of benzene rings is 3. The molecule has 0 aliphatic rings. The lowest BCUT2D eigenvalue weighted by atomic mass is 9.62. The van der Waals surface area contributed by atoms with Gasteiger partial charge in [0.1, 0.15) is 0 Å². The predicted octanol–water partition coefficient (Wildman–Crippen LogP) is 3.49. The van der Waals surface area contributed by atoms with Crippen LogP contribution in [0.4, 0.5) is 13.2 Å². The van der Waals surface area contributed by atoms with E-state index in [4.69, 9.17) is 0 Å². The van der Waals surface area contributed by atoms with Crippen molar-refractivity contribution < 1.29 is 23.2 Å². The van der Waals surface area contributed by atoms with Gasteiger partial charge in [0.05, 0.1) is 16.7 Å². The van der Waals surface area contributed by atoms with Crippen molar-refractivity contribution in [2.45, 2.75) is 11.6 Å². The van der Waals surface area contributed by atoms with E-state index in [1.165, 1.54) is 24.4 Å². The standard InChI is InChI=1S/C23H18BF3N2O2/c25-23(26,27)19-14-8-7-13-18(19)22(16-9-3-1-4-10-16,17-11-5-2-6-12-17)21-20(24(30)31)15-28-29-21/h1-15,30-31H,(H,28,29). The fourth-order valence-electron chi connectivity index (χ4n) is 4.11. The second kappa shape index (κ2) is 8.05. The van der Waals surface area contributed by atoms with Crippen molar-refractivity contribution in [2.75, 3.05) is 0 Å². The Morgan fingerprint density at radius 3 is 1.68 bits per heavy atom. The molecule has 0 radical (unpaired) electrons. The SMILES string of the molecule is OB(O)c1c[nH]nc1C(c1ccccc1)(c1ccccc1)c1ccccc1C(F)(F)F.